The second-order valence-corrected chi connectivity index (χ2v) is 5.13. The van der Waals surface area contributed by atoms with Gasteiger partial charge in [0.15, 0.2) is 0 Å². The van der Waals surface area contributed by atoms with Crippen molar-refractivity contribution in [1.82, 2.24) is 4.90 Å². The van der Waals surface area contributed by atoms with E-state index in [0.717, 1.165) is 13.0 Å². The van der Waals surface area contributed by atoms with Crippen molar-refractivity contribution in [3.05, 3.63) is 29.8 Å². The van der Waals surface area contributed by atoms with E-state index in [2.05, 4.69) is 31.3 Å². The second kappa shape index (κ2) is 5.42. The first kappa shape index (κ1) is 12.9. The summed E-state index contributed by atoms with van der Waals surface area (Å²) in [6, 6.07) is 8.60. The molecule has 2 unspecified atom stereocenters. The number of carbonyl (C=O) groups is 1. The van der Waals surface area contributed by atoms with Gasteiger partial charge in [0.1, 0.15) is 0 Å². The highest BCUT2D eigenvalue weighted by molar-refractivity contribution is 5.78. The van der Waals surface area contributed by atoms with E-state index in [4.69, 9.17) is 0 Å². The van der Waals surface area contributed by atoms with Gasteiger partial charge in [-0.05, 0) is 25.0 Å². The van der Waals surface area contributed by atoms with Gasteiger partial charge in [0.2, 0.25) is 5.91 Å². The molecule has 1 N–H and O–H groups in total. The third-order valence-electron chi connectivity index (χ3n) is 4.01. The molecule has 1 aliphatic rings. The van der Waals surface area contributed by atoms with E-state index in [1.54, 1.807) is 0 Å². The topological polar surface area (TPSA) is 32.3 Å². The highest BCUT2D eigenvalue weighted by Gasteiger charge is 2.26. The molecular formula is C15H22N2O. The van der Waals surface area contributed by atoms with Gasteiger partial charge in [-0.2, -0.15) is 0 Å². The summed E-state index contributed by atoms with van der Waals surface area (Å²) in [4.78, 5) is 14.1. The minimum absolute atomic E-state index is 0.243. The molecule has 0 aliphatic carbocycles. The Labute approximate surface area is 109 Å². The van der Waals surface area contributed by atoms with Gasteiger partial charge in [0.05, 0.1) is 0 Å². The zero-order valence-electron chi connectivity index (χ0n) is 11.4. The monoisotopic (exact) mass is 246 g/mol. The van der Waals surface area contributed by atoms with E-state index < -0.39 is 0 Å². The van der Waals surface area contributed by atoms with Crippen molar-refractivity contribution in [1.29, 1.82) is 0 Å². The third-order valence-corrected chi connectivity index (χ3v) is 4.01. The highest BCUT2D eigenvalue weighted by Crippen LogP contribution is 2.33. The largest absolute Gasteiger partial charge is 0.384 e. The second-order valence-electron chi connectivity index (χ2n) is 5.13. The fourth-order valence-electron chi connectivity index (χ4n) is 2.41. The molecule has 1 heterocycles. The van der Waals surface area contributed by atoms with E-state index in [9.17, 15) is 4.79 Å². The maximum Gasteiger partial charge on any atom is 0.223 e. The van der Waals surface area contributed by atoms with Crippen LogP contribution in [0.3, 0.4) is 0 Å². The zero-order valence-corrected chi connectivity index (χ0v) is 11.4. The molecule has 1 aromatic carbocycles. The van der Waals surface area contributed by atoms with Crippen LogP contribution in [0, 0.1) is 0 Å². The number of hydrogen-bond acceptors (Lipinski definition) is 2. The van der Waals surface area contributed by atoms with E-state index in [0.29, 0.717) is 18.4 Å². The van der Waals surface area contributed by atoms with E-state index in [1.807, 2.05) is 24.1 Å². The van der Waals surface area contributed by atoms with Crippen LogP contribution in [0.25, 0.3) is 0 Å². The molecule has 0 fully saturated rings. The summed E-state index contributed by atoms with van der Waals surface area (Å²) in [5, 5.41) is 3.37. The van der Waals surface area contributed by atoms with Gasteiger partial charge >= 0.3 is 0 Å². The number of benzene rings is 1. The number of amides is 1. The quantitative estimate of drug-likeness (QED) is 0.886. The lowest BCUT2D eigenvalue weighted by Crippen LogP contribution is -2.35. The zero-order chi connectivity index (χ0) is 13.1. The first-order chi connectivity index (χ1) is 8.63. The highest BCUT2D eigenvalue weighted by atomic mass is 16.2. The van der Waals surface area contributed by atoms with E-state index in [-0.39, 0.29) is 5.91 Å². The van der Waals surface area contributed by atoms with Gasteiger partial charge in [-0.25, -0.2) is 0 Å². The number of nitrogens with zero attached hydrogens (tertiary/aromatic N) is 1. The molecular weight excluding hydrogens is 224 g/mol. The number of carbonyl (C=O) groups excluding carboxylic acids is 1. The summed E-state index contributed by atoms with van der Waals surface area (Å²) >= 11 is 0. The first-order valence-corrected chi connectivity index (χ1v) is 6.72. The fourth-order valence-corrected chi connectivity index (χ4v) is 2.41. The number of anilines is 1. The Kier molecular flexibility index (Phi) is 3.90. The lowest BCUT2D eigenvalue weighted by atomic mass is 9.97. The van der Waals surface area contributed by atoms with Crippen molar-refractivity contribution in [3.8, 4) is 0 Å². The number of fused-ring (bicyclic) bond motifs is 1. The number of hydrogen-bond donors (Lipinski definition) is 1. The van der Waals surface area contributed by atoms with Crippen LogP contribution in [0.1, 0.15) is 38.2 Å². The summed E-state index contributed by atoms with van der Waals surface area (Å²) in [6.07, 6.45) is 1.60. The van der Waals surface area contributed by atoms with Crippen LogP contribution >= 0.6 is 0 Å². The van der Waals surface area contributed by atoms with Gasteiger partial charge < -0.3 is 10.2 Å². The molecule has 3 heteroatoms. The molecule has 0 aromatic heterocycles. The third kappa shape index (κ3) is 2.50. The molecule has 98 valence electrons. The molecule has 18 heavy (non-hydrogen) atoms. The molecule has 0 radical (unpaired) electrons. The standard InChI is InChI=1S/C15H22N2O/c1-4-11(2)17(3)15(18)9-12-10-16-14-8-6-5-7-13(12)14/h5-8,11-12,16H,4,9-10H2,1-3H3. The molecule has 1 aromatic rings. The molecule has 0 bridgehead atoms. The van der Waals surface area contributed by atoms with Crippen molar-refractivity contribution >= 4 is 11.6 Å². The van der Waals surface area contributed by atoms with Gasteiger partial charge in [0.25, 0.3) is 0 Å². The van der Waals surface area contributed by atoms with Crippen LogP contribution in [0.5, 0.6) is 0 Å². The Hall–Kier alpha value is -1.51. The van der Waals surface area contributed by atoms with Gasteiger partial charge in [-0.1, -0.05) is 25.1 Å². The average Bonchev–Trinajstić information content (AvgIpc) is 2.80. The van der Waals surface area contributed by atoms with Crippen molar-refractivity contribution in [2.75, 3.05) is 18.9 Å². The summed E-state index contributed by atoms with van der Waals surface area (Å²) < 4.78 is 0. The maximum atomic E-state index is 12.2. The van der Waals surface area contributed by atoms with Crippen LogP contribution in [0.4, 0.5) is 5.69 Å². The van der Waals surface area contributed by atoms with Crippen LogP contribution in [-0.2, 0) is 4.79 Å². The SMILES string of the molecule is CCC(C)N(C)C(=O)CC1CNc2ccccc21. The first-order valence-electron chi connectivity index (χ1n) is 6.72. The van der Waals surface area contributed by atoms with E-state index in [1.165, 1.54) is 11.3 Å². The van der Waals surface area contributed by atoms with Crippen molar-refractivity contribution in [2.24, 2.45) is 0 Å². The average molecular weight is 246 g/mol. The Morgan fingerprint density at radius 3 is 2.94 bits per heavy atom. The number of para-hydroxylation sites is 1. The Bertz CT molecular complexity index is 430. The predicted molar refractivity (Wildman–Crippen MR) is 74.8 cm³/mol. The molecule has 0 spiro atoms. The predicted octanol–water partition coefficient (Wildman–Crippen LogP) is 2.84. The summed E-state index contributed by atoms with van der Waals surface area (Å²) in [6.45, 7) is 5.08. The summed E-state index contributed by atoms with van der Waals surface area (Å²) in [5.41, 5.74) is 2.46. The molecule has 0 saturated carbocycles. The normalized spacial score (nSPS) is 18.9. The number of rotatable bonds is 4. The van der Waals surface area contributed by atoms with Gasteiger partial charge in [-0.15, -0.1) is 0 Å². The molecule has 2 rings (SSSR count). The molecule has 3 nitrogen and oxygen atoms in total. The van der Waals surface area contributed by atoms with Crippen LogP contribution in [0.15, 0.2) is 24.3 Å². The minimum atomic E-state index is 0.243. The van der Waals surface area contributed by atoms with Crippen molar-refractivity contribution in [2.45, 2.75) is 38.6 Å². The fraction of sp³-hybridized carbons (Fsp3) is 0.533. The van der Waals surface area contributed by atoms with Gasteiger partial charge in [0, 0.05) is 37.7 Å². The van der Waals surface area contributed by atoms with Gasteiger partial charge in [-0.3, -0.25) is 4.79 Å². The Morgan fingerprint density at radius 2 is 2.22 bits per heavy atom. The molecule has 0 saturated heterocycles. The lowest BCUT2D eigenvalue weighted by molar-refractivity contribution is -0.132. The van der Waals surface area contributed by atoms with Crippen LogP contribution in [0.2, 0.25) is 0 Å². The number of nitrogens with one attached hydrogen (secondary N) is 1. The van der Waals surface area contributed by atoms with Crippen LogP contribution in [-0.4, -0.2) is 30.4 Å². The molecule has 1 amide bonds. The maximum absolute atomic E-state index is 12.2. The smallest absolute Gasteiger partial charge is 0.223 e. The lowest BCUT2D eigenvalue weighted by Gasteiger charge is -2.25. The van der Waals surface area contributed by atoms with E-state index >= 15 is 0 Å². The summed E-state index contributed by atoms with van der Waals surface area (Å²) in [7, 11) is 1.91. The Morgan fingerprint density at radius 1 is 1.50 bits per heavy atom. The Balaban J connectivity index is 2.02. The van der Waals surface area contributed by atoms with Crippen LogP contribution < -0.4 is 5.32 Å². The van der Waals surface area contributed by atoms with Crippen molar-refractivity contribution < 1.29 is 4.79 Å². The van der Waals surface area contributed by atoms with Crippen molar-refractivity contribution in [3.63, 3.8) is 0 Å². The molecule has 2 atom stereocenters. The summed E-state index contributed by atoms with van der Waals surface area (Å²) in [5.74, 6) is 0.563. The molecule has 1 aliphatic heterocycles. The minimum Gasteiger partial charge on any atom is -0.384 e.